The van der Waals surface area contributed by atoms with Crippen LogP contribution in [0.2, 0.25) is 0 Å². The van der Waals surface area contributed by atoms with Gasteiger partial charge in [0.05, 0.1) is 23.4 Å². The highest BCUT2D eigenvalue weighted by Crippen LogP contribution is 2.26. The van der Waals surface area contributed by atoms with Crippen LogP contribution in [0.25, 0.3) is 0 Å². The van der Waals surface area contributed by atoms with Crippen LogP contribution < -0.4 is 14.4 Å². The van der Waals surface area contributed by atoms with Crippen LogP contribution in [0.1, 0.15) is 24.5 Å². The lowest BCUT2D eigenvalue weighted by atomic mass is 10.1. The number of nitro benzene ring substituents is 1. The van der Waals surface area contributed by atoms with Crippen molar-refractivity contribution < 1.29 is 22.9 Å². The molecular formula is C21H27N3O6S. The first kappa shape index (κ1) is 24.1. The molecule has 31 heavy (non-hydrogen) atoms. The first-order valence-electron chi connectivity index (χ1n) is 9.76. The summed E-state index contributed by atoms with van der Waals surface area (Å²) in [5.74, 6) is 0.208. The average molecular weight is 450 g/mol. The molecule has 0 heterocycles. The molecule has 1 N–H and O–H groups in total. The number of amides is 1. The molecule has 0 spiro atoms. The lowest BCUT2D eigenvalue weighted by Gasteiger charge is -2.30. The summed E-state index contributed by atoms with van der Waals surface area (Å²) in [4.78, 5) is 23.2. The molecule has 0 aromatic heterocycles. The average Bonchev–Trinajstić information content (AvgIpc) is 2.70. The molecule has 0 bridgehead atoms. The Morgan fingerprint density at radius 1 is 1.23 bits per heavy atom. The third-order valence-electron chi connectivity index (χ3n) is 4.63. The summed E-state index contributed by atoms with van der Waals surface area (Å²) in [6.07, 6.45) is 1.14. The number of carbonyl (C=O) groups is 1. The van der Waals surface area contributed by atoms with E-state index in [0.717, 1.165) is 33.5 Å². The van der Waals surface area contributed by atoms with E-state index in [9.17, 15) is 23.3 Å². The highest BCUT2D eigenvalue weighted by atomic mass is 32.2. The van der Waals surface area contributed by atoms with Gasteiger partial charge in [0.15, 0.2) is 0 Å². The molecule has 2 aromatic carbocycles. The molecular weight excluding hydrogens is 422 g/mol. The number of hydrogen-bond donors (Lipinski definition) is 1. The number of nitro groups is 1. The van der Waals surface area contributed by atoms with Crippen LogP contribution in [0.15, 0.2) is 42.5 Å². The molecule has 1 atom stereocenters. The van der Waals surface area contributed by atoms with Crippen LogP contribution in [0.3, 0.4) is 0 Å². The van der Waals surface area contributed by atoms with Crippen molar-refractivity contribution in [1.29, 1.82) is 0 Å². The second-order valence-corrected chi connectivity index (χ2v) is 9.03. The normalized spacial score (nSPS) is 12.1. The first-order valence-corrected chi connectivity index (χ1v) is 11.6. The van der Waals surface area contributed by atoms with Gasteiger partial charge in [0, 0.05) is 12.1 Å². The molecule has 0 aliphatic rings. The fourth-order valence-electron chi connectivity index (χ4n) is 3.12. The van der Waals surface area contributed by atoms with Crippen molar-refractivity contribution in [3.05, 3.63) is 63.7 Å². The van der Waals surface area contributed by atoms with Crippen molar-refractivity contribution in [1.82, 2.24) is 5.32 Å². The van der Waals surface area contributed by atoms with Crippen molar-refractivity contribution in [3.63, 3.8) is 0 Å². The van der Waals surface area contributed by atoms with E-state index in [-0.39, 0.29) is 30.9 Å². The Kier molecular flexibility index (Phi) is 7.98. The van der Waals surface area contributed by atoms with Crippen molar-refractivity contribution >= 4 is 27.3 Å². The summed E-state index contributed by atoms with van der Waals surface area (Å²) in [6.45, 7) is 5.93. The Hall–Kier alpha value is -3.14. The second kappa shape index (κ2) is 10.3. The van der Waals surface area contributed by atoms with E-state index in [4.69, 9.17) is 4.74 Å². The van der Waals surface area contributed by atoms with Crippen molar-refractivity contribution in [2.75, 3.05) is 23.7 Å². The molecule has 1 amide bonds. The Bertz CT molecular complexity index is 1050. The van der Waals surface area contributed by atoms with Crippen LogP contribution >= 0.6 is 0 Å². The molecule has 0 saturated carbocycles. The number of sulfonamides is 1. The van der Waals surface area contributed by atoms with E-state index >= 15 is 0 Å². The Balaban J connectivity index is 2.13. The molecule has 0 aliphatic carbocycles. The van der Waals surface area contributed by atoms with Gasteiger partial charge in [-0.1, -0.05) is 25.1 Å². The molecule has 9 nitrogen and oxygen atoms in total. The van der Waals surface area contributed by atoms with Gasteiger partial charge < -0.3 is 10.1 Å². The second-order valence-electron chi connectivity index (χ2n) is 7.17. The highest BCUT2D eigenvalue weighted by Gasteiger charge is 2.32. The SMILES string of the molecule is CC[C@H](C(=O)NCCOc1cc(C)ccc1C)N(c1cccc([N+](=O)[O-])c1)S(C)(=O)=O. The summed E-state index contributed by atoms with van der Waals surface area (Å²) in [6, 6.07) is 9.97. The zero-order chi connectivity index (χ0) is 23.2. The van der Waals surface area contributed by atoms with Crippen molar-refractivity contribution in [2.45, 2.75) is 33.2 Å². The number of nitrogens with zero attached hydrogens (tertiary/aromatic N) is 2. The van der Waals surface area contributed by atoms with E-state index in [0.29, 0.717) is 0 Å². The Morgan fingerprint density at radius 2 is 1.94 bits per heavy atom. The van der Waals surface area contributed by atoms with Gasteiger partial charge in [0.25, 0.3) is 5.69 Å². The minimum atomic E-state index is -3.88. The predicted octanol–water partition coefficient (Wildman–Crippen LogP) is 2.95. The number of hydrogen-bond acceptors (Lipinski definition) is 6. The van der Waals surface area contributed by atoms with Crippen LogP contribution in [0, 0.1) is 24.0 Å². The molecule has 0 unspecified atom stereocenters. The third kappa shape index (κ3) is 6.42. The van der Waals surface area contributed by atoms with E-state index in [1.807, 2.05) is 32.0 Å². The maximum absolute atomic E-state index is 12.8. The maximum atomic E-state index is 12.8. The van der Waals surface area contributed by atoms with Gasteiger partial charge in [0.2, 0.25) is 15.9 Å². The zero-order valence-corrected chi connectivity index (χ0v) is 18.8. The topological polar surface area (TPSA) is 119 Å². The fraction of sp³-hybridized carbons (Fsp3) is 0.381. The monoisotopic (exact) mass is 449 g/mol. The minimum absolute atomic E-state index is 0.0605. The molecule has 0 radical (unpaired) electrons. The quantitative estimate of drug-likeness (QED) is 0.338. The number of nitrogens with one attached hydrogen (secondary N) is 1. The largest absolute Gasteiger partial charge is 0.491 e. The van der Waals surface area contributed by atoms with Gasteiger partial charge in [-0.25, -0.2) is 8.42 Å². The number of benzene rings is 2. The molecule has 168 valence electrons. The van der Waals surface area contributed by atoms with E-state index in [2.05, 4.69) is 5.32 Å². The zero-order valence-electron chi connectivity index (χ0n) is 18.0. The predicted molar refractivity (Wildman–Crippen MR) is 119 cm³/mol. The Labute approximate surface area is 182 Å². The minimum Gasteiger partial charge on any atom is -0.491 e. The molecule has 0 aliphatic heterocycles. The molecule has 2 aromatic rings. The number of anilines is 1. The smallest absolute Gasteiger partial charge is 0.271 e. The first-order chi connectivity index (χ1) is 14.5. The lowest BCUT2D eigenvalue weighted by Crippen LogP contribution is -2.50. The summed E-state index contributed by atoms with van der Waals surface area (Å²) in [5.41, 5.74) is 1.82. The molecule has 2 rings (SSSR count). The van der Waals surface area contributed by atoms with E-state index in [1.54, 1.807) is 6.92 Å². The standard InChI is InChI=1S/C21H27N3O6S/c1-5-19(21(25)22-11-12-30-20-13-15(2)9-10-16(20)3)23(31(4,28)29)17-7-6-8-18(14-17)24(26)27/h6-10,13-14,19H,5,11-12H2,1-4H3,(H,22,25)/t19-/m1/s1. The fourth-order valence-corrected chi connectivity index (χ4v) is 4.32. The summed E-state index contributed by atoms with van der Waals surface area (Å²) >= 11 is 0. The van der Waals surface area contributed by atoms with Crippen molar-refractivity contribution in [2.24, 2.45) is 0 Å². The van der Waals surface area contributed by atoms with Crippen molar-refractivity contribution in [3.8, 4) is 5.75 Å². The van der Waals surface area contributed by atoms with Gasteiger partial charge in [-0.05, 0) is 43.5 Å². The van der Waals surface area contributed by atoms with Gasteiger partial charge >= 0.3 is 0 Å². The number of aryl methyl sites for hydroxylation is 2. The van der Waals surface area contributed by atoms with Crippen LogP contribution in [0.5, 0.6) is 5.75 Å². The van der Waals surface area contributed by atoms with Gasteiger partial charge in [-0.15, -0.1) is 0 Å². The summed E-state index contributed by atoms with van der Waals surface area (Å²) < 4.78 is 31.5. The highest BCUT2D eigenvalue weighted by molar-refractivity contribution is 7.92. The number of non-ortho nitro benzene ring substituents is 1. The number of rotatable bonds is 10. The van der Waals surface area contributed by atoms with Gasteiger partial charge in [-0.2, -0.15) is 0 Å². The summed E-state index contributed by atoms with van der Waals surface area (Å²) in [7, 11) is -3.88. The van der Waals surface area contributed by atoms with Crippen LogP contribution in [-0.4, -0.2) is 44.7 Å². The maximum Gasteiger partial charge on any atom is 0.271 e. The summed E-state index contributed by atoms with van der Waals surface area (Å²) in [5, 5.41) is 13.8. The van der Waals surface area contributed by atoms with E-state index in [1.165, 1.54) is 18.2 Å². The molecule has 0 saturated heterocycles. The van der Waals surface area contributed by atoms with Gasteiger partial charge in [-0.3, -0.25) is 19.2 Å². The number of carbonyl (C=O) groups excluding carboxylic acids is 1. The van der Waals surface area contributed by atoms with Crippen LogP contribution in [-0.2, 0) is 14.8 Å². The number of ether oxygens (including phenoxy) is 1. The van der Waals surface area contributed by atoms with Crippen LogP contribution in [0.4, 0.5) is 11.4 Å². The lowest BCUT2D eigenvalue weighted by molar-refractivity contribution is -0.384. The molecule has 10 heteroatoms. The Morgan fingerprint density at radius 3 is 2.55 bits per heavy atom. The molecule has 0 fully saturated rings. The van der Waals surface area contributed by atoms with Gasteiger partial charge in [0.1, 0.15) is 18.4 Å². The third-order valence-corrected chi connectivity index (χ3v) is 5.81. The van der Waals surface area contributed by atoms with E-state index < -0.39 is 26.9 Å².